The van der Waals surface area contributed by atoms with Gasteiger partial charge in [0.15, 0.2) is 0 Å². The third-order valence-electron chi connectivity index (χ3n) is 4.20. The van der Waals surface area contributed by atoms with Gasteiger partial charge in [-0.05, 0) is 43.2 Å². The molecule has 1 fully saturated rings. The molecule has 7 heteroatoms. The zero-order valence-electron chi connectivity index (χ0n) is 13.6. The Morgan fingerprint density at radius 2 is 1.84 bits per heavy atom. The molecule has 1 aliphatic rings. The van der Waals surface area contributed by atoms with Crippen LogP contribution < -0.4 is 5.32 Å². The maximum atomic E-state index is 12.9. The van der Waals surface area contributed by atoms with Crippen LogP contribution in [0.1, 0.15) is 19.3 Å². The highest BCUT2D eigenvalue weighted by molar-refractivity contribution is 9.10. The van der Waals surface area contributed by atoms with E-state index in [-0.39, 0.29) is 10.8 Å². The second-order valence-corrected chi connectivity index (χ2v) is 8.75. The molecule has 2 aromatic rings. The molecule has 0 bridgehead atoms. The fraction of sp³-hybridized carbons (Fsp3) is 0.278. The number of piperidine rings is 1. The summed E-state index contributed by atoms with van der Waals surface area (Å²) < 4.78 is 28.1. The molecule has 1 unspecified atom stereocenters. The Kier molecular flexibility index (Phi) is 5.56. The number of nitrogens with zero attached hydrogens (tertiary/aromatic N) is 1. The molecule has 0 aromatic heterocycles. The highest BCUT2D eigenvalue weighted by atomic mass is 79.9. The third kappa shape index (κ3) is 4.11. The van der Waals surface area contributed by atoms with Crippen LogP contribution in [0.4, 0.5) is 5.69 Å². The largest absolute Gasteiger partial charge is 0.325 e. The van der Waals surface area contributed by atoms with Crippen LogP contribution in [0.3, 0.4) is 0 Å². The fourth-order valence-electron chi connectivity index (χ4n) is 2.97. The summed E-state index contributed by atoms with van der Waals surface area (Å²) in [5.41, 5.74) is 0.641. The number of rotatable bonds is 4. The number of carbonyl (C=O) groups excluding carboxylic acids is 1. The van der Waals surface area contributed by atoms with E-state index in [0.29, 0.717) is 18.7 Å². The Bertz CT molecular complexity index is 856. The van der Waals surface area contributed by atoms with Crippen LogP contribution in [0.25, 0.3) is 0 Å². The summed E-state index contributed by atoms with van der Waals surface area (Å²) in [6.45, 7) is 0.355. The number of hydrogen-bond acceptors (Lipinski definition) is 3. The number of hydrogen-bond donors (Lipinski definition) is 1. The Morgan fingerprint density at radius 3 is 2.56 bits per heavy atom. The molecule has 1 heterocycles. The van der Waals surface area contributed by atoms with E-state index in [1.54, 1.807) is 42.5 Å². The van der Waals surface area contributed by atoms with E-state index in [0.717, 1.165) is 17.3 Å². The van der Waals surface area contributed by atoms with Crippen molar-refractivity contribution in [2.75, 3.05) is 11.9 Å². The lowest BCUT2D eigenvalue weighted by Crippen LogP contribution is -2.49. The van der Waals surface area contributed by atoms with Crippen LogP contribution in [-0.4, -0.2) is 31.2 Å². The SMILES string of the molecule is O=C(Nc1cccc(Br)c1)C1CCCCN1S(=O)(=O)c1ccccc1. The summed E-state index contributed by atoms with van der Waals surface area (Å²) in [7, 11) is -3.69. The smallest absolute Gasteiger partial charge is 0.243 e. The van der Waals surface area contributed by atoms with Gasteiger partial charge in [0.25, 0.3) is 0 Å². The molecule has 132 valence electrons. The highest BCUT2D eigenvalue weighted by Gasteiger charge is 2.37. The van der Waals surface area contributed by atoms with E-state index in [4.69, 9.17) is 0 Å². The Morgan fingerprint density at radius 1 is 1.08 bits per heavy atom. The minimum Gasteiger partial charge on any atom is -0.325 e. The maximum absolute atomic E-state index is 12.9. The number of anilines is 1. The van der Waals surface area contributed by atoms with Crippen molar-refractivity contribution in [3.63, 3.8) is 0 Å². The van der Waals surface area contributed by atoms with Crippen molar-refractivity contribution < 1.29 is 13.2 Å². The topological polar surface area (TPSA) is 66.5 Å². The summed E-state index contributed by atoms with van der Waals surface area (Å²) in [5.74, 6) is -0.294. The van der Waals surface area contributed by atoms with Gasteiger partial charge < -0.3 is 5.32 Å². The molecular formula is C18H19BrN2O3S. The molecule has 25 heavy (non-hydrogen) atoms. The number of carbonyl (C=O) groups is 1. The molecule has 1 N–H and O–H groups in total. The molecule has 1 saturated heterocycles. The van der Waals surface area contributed by atoms with Gasteiger partial charge in [-0.15, -0.1) is 0 Å². The van der Waals surface area contributed by atoms with E-state index in [1.807, 2.05) is 12.1 Å². The second kappa shape index (κ2) is 7.68. The van der Waals surface area contributed by atoms with Crippen molar-refractivity contribution >= 4 is 37.5 Å². The molecule has 0 radical (unpaired) electrons. The molecule has 5 nitrogen and oxygen atoms in total. The average molecular weight is 423 g/mol. The maximum Gasteiger partial charge on any atom is 0.243 e. The quantitative estimate of drug-likeness (QED) is 0.817. The Hall–Kier alpha value is -1.70. The summed E-state index contributed by atoms with van der Waals surface area (Å²) in [5, 5.41) is 2.83. The van der Waals surface area contributed by atoms with Crippen molar-refractivity contribution in [1.82, 2.24) is 4.31 Å². The van der Waals surface area contributed by atoms with Crippen LogP contribution in [0.15, 0.2) is 64.0 Å². The minimum atomic E-state index is -3.69. The Labute approximate surface area is 156 Å². The van der Waals surface area contributed by atoms with Crippen molar-refractivity contribution in [2.24, 2.45) is 0 Å². The van der Waals surface area contributed by atoms with Gasteiger partial charge in [0, 0.05) is 16.7 Å². The van der Waals surface area contributed by atoms with Crippen molar-refractivity contribution in [3.8, 4) is 0 Å². The zero-order valence-corrected chi connectivity index (χ0v) is 16.0. The molecule has 1 amide bonds. The fourth-order valence-corrected chi connectivity index (χ4v) is 5.05. The standard InChI is InChI=1S/C18H19BrN2O3S/c19-14-7-6-8-15(13-14)20-18(22)17-11-4-5-12-21(17)25(23,24)16-9-2-1-3-10-16/h1-3,6-10,13,17H,4-5,11-12H2,(H,20,22). The van der Waals surface area contributed by atoms with Crippen molar-refractivity contribution in [1.29, 1.82) is 0 Å². The van der Waals surface area contributed by atoms with Crippen LogP contribution in [-0.2, 0) is 14.8 Å². The van der Waals surface area contributed by atoms with Gasteiger partial charge in [-0.3, -0.25) is 4.79 Å². The van der Waals surface area contributed by atoms with Gasteiger partial charge in [-0.25, -0.2) is 8.42 Å². The van der Waals surface area contributed by atoms with Crippen LogP contribution in [0.5, 0.6) is 0 Å². The van der Waals surface area contributed by atoms with Gasteiger partial charge in [0.1, 0.15) is 6.04 Å². The molecule has 1 atom stereocenters. The number of amides is 1. The second-order valence-electron chi connectivity index (χ2n) is 5.94. The van der Waals surface area contributed by atoms with E-state index in [9.17, 15) is 13.2 Å². The lowest BCUT2D eigenvalue weighted by atomic mass is 10.0. The van der Waals surface area contributed by atoms with Gasteiger partial charge in [0.05, 0.1) is 4.90 Å². The summed E-state index contributed by atoms with van der Waals surface area (Å²) in [6, 6.07) is 14.8. The lowest BCUT2D eigenvalue weighted by molar-refractivity contribution is -0.120. The number of halogens is 1. The van der Waals surface area contributed by atoms with E-state index in [2.05, 4.69) is 21.2 Å². The van der Waals surface area contributed by atoms with Gasteiger partial charge in [-0.2, -0.15) is 4.31 Å². The summed E-state index contributed by atoms with van der Waals surface area (Å²) >= 11 is 3.36. The lowest BCUT2D eigenvalue weighted by Gasteiger charge is -2.33. The number of sulfonamides is 1. The summed E-state index contributed by atoms with van der Waals surface area (Å²) in [4.78, 5) is 13.0. The molecule has 0 spiro atoms. The van der Waals surface area contributed by atoms with E-state index < -0.39 is 16.1 Å². The normalized spacial score (nSPS) is 18.7. The highest BCUT2D eigenvalue weighted by Crippen LogP contribution is 2.26. The zero-order chi connectivity index (χ0) is 17.9. The number of nitrogens with one attached hydrogen (secondary N) is 1. The first-order chi connectivity index (χ1) is 12.0. The monoisotopic (exact) mass is 422 g/mol. The molecule has 0 saturated carbocycles. The molecular weight excluding hydrogens is 404 g/mol. The Balaban J connectivity index is 1.84. The van der Waals surface area contributed by atoms with E-state index in [1.165, 1.54) is 4.31 Å². The van der Waals surface area contributed by atoms with Gasteiger partial charge in [-0.1, -0.05) is 46.6 Å². The van der Waals surface area contributed by atoms with Crippen LogP contribution in [0.2, 0.25) is 0 Å². The third-order valence-corrected chi connectivity index (χ3v) is 6.61. The predicted octanol–water partition coefficient (Wildman–Crippen LogP) is 3.63. The van der Waals surface area contributed by atoms with E-state index >= 15 is 0 Å². The molecule has 2 aromatic carbocycles. The van der Waals surface area contributed by atoms with Crippen molar-refractivity contribution in [3.05, 3.63) is 59.1 Å². The first-order valence-corrected chi connectivity index (χ1v) is 10.3. The average Bonchev–Trinajstić information content (AvgIpc) is 2.62. The first kappa shape index (κ1) is 18.1. The first-order valence-electron chi connectivity index (χ1n) is 8.12. The minimum absolute atomic E-state index is 0.220. The van der Waals surface area contributed by atoms with Crippen LogP contribution in [0, 0.1) is 0 Å². The van der Waals surface area contributed by atoms with Gasteiger partial charge >= 0.3 is 0 Å². The summed E-state index contributed by atoms with van der Waals surface area (Å²) in [6.07, 6.45) is 2.11. The molecule has 1 aliphatic heterocycles. The van der Waals surface area contributed by atoms with Crippen LogP contribution >= 0.6 is 15.9 Å². The van der Waals surface area contributed by atoms with Crippen molar-refractivity contribution in [2.45, 2.75) is 30.2 Å². The number of benzene rings is 2. The molecule has 3 rings (SSSR count). The molecule has 0 aliphatic carbocycles. The van der Waals surface area contributed by atoms with Gasteiger partial charge in [0.2, 0.25) is 15.9 Å². The predicted molar refractivity (Wildman–Crippen MR) is 101 cm³/mol.